The lowest BCUT2D eigenvalue weighted by Gasteiger charge is -2.26. The van der Waals surface area contributed by atoms with Gasteiger partial charge in [0.1, 0.15) is 17.3 Å². The molecule has 0 fully saturated rings. The van der Waals surface area contributed by atoms with Crippen molar-refractivity contribution in [3.8, 4) is 22.6 Å². The molecule has 0 saturated carbocycles. The van der Waals surface area contributed by atoms with Gasteiger partial charge >= 0.3 is 13.6 Å². The van der Waals surface area contributed by atoms with Crippen LogP contribution in [-0.4, -0.2) is 19.4 Å². The van der Waals surface area contributed by atoms with Gasteiger partial charge in [-0.2, -0.15) is 0 Å². The highest BCUT2D eigenvalue weighted by Gasteiger charge is 2.29. The minimum Gasteiger partial charge on any atom is -0.457 e. The van der Waals surface area contributed by atoms with Crippen LogP contribution in [0.25, 0.3) is 16.9 Å². The van der Waals surface area contributed by atoms with Crippen molar-refractivity contribution in [2.45, 2.75) is 46.5 Å². The van der Waals surface area contributed by atoms with Crippen LogP contribution in [-0.2, 0) is 25.0 Å². The van der Waals surface area contributed by atoms with Crippen molar-refractivity contribution < 1.29 is 27.9 Å². The Labute approximate surface area is 183 Å². The van der Waals surface area contributed by atoms with Crippen LogP contribution < -0.4 is 9.26 Å². The van der Waals surface area contributed by atoms with Gasteiger partial charge in [-0.25, -0.2) is 4.57 Å². The van der Waals surface area contributed by atoms with Crippen molar-refractivity contribution in [2.24, 2.45) is 0 Å². The van der Waals surface area contributed by atoms with Gasteiger partial charge in [0.05, 0.1) is 12.2 Å². The van der Waals surface area contributed by atoms with E-state index in [1.165, 1.54) is 13.6 Å². The molecule has 6 nitrogen and oxygen atoms in total. The number of carbonyl (C=O) groups is 1. The van der Waals surface area contributed by atoms with Crippen molar-refractivity contribution in [3.63, 3.8) is 0 Å². The Bertz CT molecular complexity index is 1040. The molecular weight excluding hydrogens is 415 g/mol. The van der Waals surface area contributed by atoms with E-state index in [-0.39, 0.29) is 0 Å². The Hall–Kier alpha value is -2.56. The largest absolute Gasteiger partial charge is 0.457 e. The first kappa shape index (κ1) is 23.1. The first-order chi connectivity index (χ1) is 14.7. The van der Waals surface area contributed by atoms with Crippen LogP contribution in [0.3, 0.4) is 0 Å². The van der Waals surface area contributed by atoms with Crippen molar-refractivity contribution in [1.29, 1.82) is 0 Å². The zero-order chi connectivity index (χ0) is 22.6. The van der Waals surface area contributed by atoms with Crippen LogP contribution in [0.15, 0.2) is 36.9 Å². The molecule has 1 unspecified atom stereocenters. The van der Waals surface area contributed by atoms with Crippen molar-refractivity contribution in [2.75, 3.05) is 13.5 Å². The van der Waals surface area contributed by atoms with Crippen LogP contribution in [0.2, 0.25) is 0 Å². The monoisotopic (exact) mass is 444 g/mol. The molecule has 1 aliphatic rings. The Morgan fingerprint density at radius 2 is 1.94 bits per heavy atom. The number of esters is 1. The Balaban J connectivity index is 2.03. The van der Waals surface area contributed by atoms with Crippen LogP contribution in [0.4, 0.5) is 0 Å². The van der Waals surface area contributed by atoms with E-state index in [1.807, 2.05) is 37.3 Å². The number of aryl methyl sites for hydroxylation is 2. The van der Waals surface area contributed by atoms with Gasteiger partial charge < -0.3 is 14.0 Å². The molecule has 7 heteroatoms. The average molecular weight is 444 g/mol. The van der Waals surface area contributed by atoms with Gasteiger partial charge in [0.25, 0.3) is 0 Å². The van der Waals surface area contributed by atoms with Crippen LogP contribution >= 0.6 is 7.60 Å². The molecule has 0 saturated heterocycles. The lowest BCUT2D eigenvalue weighted by atomic mass is 9.91. The van der Waals surface area contributed by atoms with Gasteiger partial charge in [-0.15, -0.1) is 0 Å². The molecule has 0 bridgehead atoms. The van der Waals surface area contributed by atoms with Gasteiger partial charge in [-0.1, -0.05) is 50.1 Å². The maximum absolute atomic E-state index is 13.0. The zero-order valence-corrected chi connectivity index (χ0v) is 19.4. The first-order valence-electron chi connectivity index (χ1n) is 10.4. The molecule has 1 heterocycles. The Morgan fingerprint density at radius 3 is 2.65 bits per heavy atom. The van der Waals surface area contributed by atoms with Gasteiger partial charge in [0.2, 0.25) is 6.79 Å². The van der Waals surface area contributed by atoms with Gasteiger partial charge in [-0.3, -0.25) is 9.32 Å². The third kappa shape index (κ3) is 5.78. The number of unbranched alkanes of at least 4 members (excludes halogenated alkanes) is 2. The molecule has 31 heavy (non-hydrogen) atoms. The summed E-state index contributed by atoms with van der Waals surface area (Å²) in [6.45, 7) is 10.4. The van der Waals surface area contributed by atoms with Gasteiger partial charge in [0, 0.05) is 18.1 Å². The van der Waals surface area contributed by atoms with E-state index < -0.39 is 20.4 Å². The van der Waals surface area contributed by atoms with E-state index in [0.29, 0.717) is 22.8 Å². The van der Waals surface area contributed by atoms with Crippen LogP contribution in [0.1, 0.15) is 49.8 Å². The molecule has 2 aromatic carbocycles. The van der Waals surface area contributed by atoms with Crippen LogP contribution in [0.5, 0.6) is 11.5 Å². The highest BCUT2D eigenvalue weighted by Crippen LogP contribution is 2.53. The predicted molar refractivity (Wildman–Crippen MR) is 121 cm³/mol. The number of ether oxygens (including phenoxy) is 2. The summed E-state index contributed by atoms with van der Waals surface area (Å²) in [7, 11) is -3.56. The molecular formula is C24H29O6P. The standard InChI is InChI=1S/C24H29O6P/c1-6-7-8-9-19-13-22-24(21-12-16(2)10-11-20(21)17(3)29-22)23(14-19)30-31(5,26)28-15-27-18(4)25/h10-14H,3,6-9,15H2,1-2,4-5H3. The number of rotatable bonds is 9. The second kappa shape index (κ2) is 9.71. The second-order valence-corrected chi connectivity index (χ2v) is 9.73. The summed E-state index contributed by atoms with van der Waals surface area (Å²) >= 11 is 0. The molecule has 3 rings (SSSR count). The molecule has 2 aromatic rings. The lowest BCUT2D eigenvalue weighted by Crippen LogP contribution is -2.09. The maximum Gasteiger partial charge on any atom is 0.379 e. The topological polar surface area (TPSA) is 71.1 Å². The SMILES string of the molecule is C=C1Oc2cc(CCCCC)cc(OP(C)(=O)OCOC(C)=O)c2-c2cc(C)ccc21. The van der Waals surface area contributed by atoms with Gasteiger partial charge in [-0.05, 0) is 37.5 Å². The molecule has 0 aliphatic carbocycles. The third-order valence-electron chi connectivity index (χ3n) is 4.99. The molecule has 166 valence electrons. The van der Waals surface area contributed by atoms with Crippen molar-refractivity contribution in [1.82, 2.24) is 0 Å². The van der Waals surface area contributed by atoms with E-state index in [9.17, 15) is 9.36 Å². The zero-order valence-electron chi connectivity index (χ0n) is 18.5. The summed E-state index contributed by atoms with van der Waals surface area (Å²) in [5.41, 5.74) is 4.56. The predicted octanol–water partition coefficient (Wildman–Crippen LogP) is 6.50. The highest BCUT2D eigenvalue weighted by atomic mass is 31.2. The lowest BCUT2D eigenvalue weighted by molar-refractivity contribution is -0.147. The summed E-state index contributed by atoms with van der Waals surface area (Å²) in [4.78, 5) is 11.0. The number of fused-ring (bicyclic) bond motifs is 3. The van der Waals surface area contributed by atoms with E-state index in [4.69, 9.17) is 18.5 Å². The molecule has 0 aromatic heterocycles. The molecule has 1 aliphatic heterocycles. The van der Waals surface area contributed by atoms with E-state index in [1.54, 1.807) is 0 Å². The van der Waals surface area contributed by atoms with Gasteiger partial charge in [0.15, 0.2) is 0 Å². The maximum atomic E-state index is 13.0. The Morgan fingerprint density at radius 1 is 1.16 bits per heavy atom. The summed E-state index contributed by atoms with van der Waals surface area (Å²) in [6, 6.07) is 9.87. The third-order valence-corrected chi connectivity index (χ3v) is 6.09. The van der Waals surface area contributed by atoms with Crippen molar-refractivity contribution >= 4 is 19.3 Å². The summed E-state index contributed by atoms with van der Waals surface area (Å²) in [5.74, 6) is 1.07. The second-order valence-electron chi connectivity index (χ2n) is 7.74. The Kier molecular flexibility index (Phi) is 7.24. The molecule has 0 N–H and O–H groups in total. The number of hydrogen-bond donors (Lipinski definition) is 0. The normalized spacial score (nSPS) is 14.1. The fraction of sp³-hybridized carbons (Fsp3) is 0.375. The molecule has 0 spiro atoms. The summed E-state index contributed by atoms with van der Waals surface area (Å²) < 4.78 is 34.9. The quantitative estimate of drug-likeness (QED) is 0.190. The fourth-order valence-electron chi connectivity index (χ4n) is 3.49. The summed E-state index contributed by atoms with van der Waals surface area (Å²) in [6.07, 6.45) is 4.09. The van der Waals surface area contributed by atoms with E-state index in [2.05, 4.69) is 13.5 Å². The smallest absolute Gasteiger partial charge is 0.379 e. The van der Waals surface area contributed by atoms with E-state index >= 15 is 0 Å². The highest BCUT2D eigenvalue weighted by molar-refractivity contribution is 7.53. The molecule has 0 radical (unpaired) electrons. The number of benzene rings is 2. The first-order valence-corrected chi connectivity index (χ1v) is 12.4. The minimum atomic E-state index is -3.56. The van der Waals surface area contributed by atoms with Crippen LogP contribution in [0, 0.1) is 6.92 Å². The molecule has 1 atom stereocenters. The number of carbonyl (C=O) groups excluding carboxylic acids is 1. The average Bonchev–Trinajstić information content (AvgIpc) is 2.67. The fourth-order valence-corrected chi connectivity index (χ4v) is 4.29. The minimum absolute atomic E-state index is 0.414. The number of hydrogen-bond acceptors (Lipinski definition) is 6. The molecule has 0 amide bonds. The summed E-state index contributed by atoms with van der Waals surface area (Å²) in [5, 5.41) is 0. The van der Waals surface area contributed by atoms with E-state index in [0.717, 1.165) is 47.9 Å². The van der Waals surface area contributed by atoms with Crippen molar-refractivity contribution in [3.05, 3.63) is 53.6 Å².